The van der Waals surface area contributed by atoms with Gasteiger partial charge in [-0.2, -0.15) is 8.78 Å². The lowest BCUT2D eigenvalue weighted by Crippen LogP contribution is -2.22. The molecule has 30 heavy (non-hydrogen) atoms. The monoisotopic (exact) mass is 438 g/mol. The third-order valence-electron chi connectivity index (χ3n) is 4.55. The van der Waals surface area contributed by atoms with Gasteiger partial charge in [0, 0.05) is 26.3 Å². The van der Waals surface area contributed by atoms with E-state index in [1.807, 2.05) is 4.57 Å². The van der Waals surface area contributed by atoms with Crippen LogP contribution in [-0.2, 0) is 23.1 Å². The fourth-order valence-corrected chi connectivity index (χ4v) is 4.00. The number of fused-ring (bicyclic) bond motifs is 1. The first-order valence-corrected chi connectivity index (χ1v) is 10.9. The van der Waals surface area contributed by atoms with Crippen molar-refractivity contribution < 1.29 is 21.9 Å². The number of aromatic nitrogens is 2. The highest BCUT2D eigenvalue weighted by Gasteiger charge is 2.19. The van der Waals surface area contributed by atoms with E-state index in [9.17, 15) is 17.2 Å². The summed E-state index contributed by atoms with van der Waals surface area (Å²) in [5.74, 6) is 0.836. The lowest BCUT2D eigenvalue weighted by atomic mass is 10.3. The SMILES string of the molecule is CCCn1c(CNc2ccc(OC(F)F)cc2)nc2cc(S(=O)(=O)N(C)C)ccc21. The van der Waals surface area contributed by atoms with Gasteiger partial charge in [-0.1, -0.05) is 6.92 Å². The number of benzene rings is 2. The van der Waals surface area contributed by atoms with Crippen molar-refractivity contribution >= 4 is 26.7 Å². The number of anilines is 1. The molecule has 0 atom stereocenters. The van der Waals surface area contributed by atoms with Crippen molar-refractivity contribution in [3.63, 3.8) is 0 Å². The molecule has 1 N–H and O–H groups in total. The Morgan fingerprint density at radius 3 is 2.47 bits per heavy atom. The highest BCUT2D eigenvalue weighted by atomic mass is 32.2. The van der Waals surface area contributed by atoms with Crippen molar-refractivity contribution in [3.05, 3.63) is 48.3 Å². The van der Waals surface area contributed by atoms with Crippen molar-refractivity contribution in [2.45, 2.75) is 37.9 Å². The second-order valence-corrected chi connectivity index (χ2v) is 9.03. The second-order valence-electron chi connectivity index (χ2n) is 6.87. The molecule has 0 aliphatic heterocycles. The Hall–Kier alpha value is -2.72. The smallest absolute Gasteiger partial charge is 0.387 e. The van der Waals surface area contributed by atoms with Crippen LogP contribution >= 0.6 is 0 Å². The molecule has 0 fully saturated rings. The number of nitrogens with one attached hydrogen (secondary N) is 1. The molecule has 0 bridgehead atoms. The molecule has 3 rings (SSSR count). The van der Waals surface area contributed by atoms with Gasteiger partial charge < -0.3 is 14.6 Å². The number of sulfonamides is 1. The summed E-state index contributed by atoms with van der Waals surface area (Å²) in [6.07, 6.45) is 0.885. The molecule has 1 aromatic heterocycles. The predicted molar refractivity (Wildman–Crippen MR) is 111 cm³/mol. The third-order valence-corrected chi connectivity index (χ3v) is 6.37. The summed E-state index contributed by atoms with van der Waals surface area (Å²) < 4.78 is 56.9. The van der Waals surface area contributed by atoms with Gasteiger partial charge in [0.2, 0.25) is 10.0 Å². The first kappa shape index (κ1) is 22.0. The predicted octanol–water partition coefficient (Wildman–Crippen LogP) is 3.91. The number of hydrogen-bond acceptors (Lipinski definition) is 5. The minimum atomic E-state index is -3.55. The van der Waals surface area contributed by atoms with E-state index < -0.39 is 16.6 Å². The number of halogens is 2. The molecule has 10 heteroatoms. The number of imidazole rings is 1. The van der Waals surface area contributed by atoms with Crippen LogP contribution in [0.3, 0.4) is 0 Å². The van der Waals surface area contributed by atoms with Crippen LogP contribution < -0.4 is 10.1 Å². The van der Waals surface area contributed by atoms with E-state index in [1.54, 1.807) is 30.3 Å². The molecule has 0 aliphatic carbocycles. The number of aryl methyl sites for hydroxylation is 1. The average Bonchev–Trinajstić information content (AvgIpc) is 3.04. The summed E-state index contributed by atoms with van der Waals surface area (Å²) in [7, 11) is -0.573. The molecule has 0 unspecified atom stereocenters. The minimum absolute atomic E-state index is 0.0865. The van der Waals surface area contributed by atoms with Crippen molar-refractivity contribution in [1.29, 1.82) is 0 Å². The zero-order valence-electron chi connectivity index (χ0n) is 17.0. The molecular weight excluding hydrogens is 414 g/mol. The zero-order chi connectivity index (χ0) is 21.9. The van der Waals surface area contributed by atoms with E-state index in [0.717, 1.165) is 30.0 Å². The standard InChI is InChI=1S/C20H24F2N4O3S/c1-4-11-26-18-10-9-16(30(27,28)25(2)3)12-17(18)24-19(26)13-23-14-5-7-15(8-6-14)29-20(21)22/h5-10,12,20,23H,4,11,13H2,1-3H3. The Morgan fingerprint density at radius 2 is 1.87 bits per heavy atom. The van der Waals surface area contributed by atoms with Crippen molar-refractivity contribution in [2.24, 2.45) is 0 Å². The zero-order valence-corrected chi connectivity index (χ0v) is 17.8. The average molecular weight is 439 g/mol. The Balaban J connectivity index is 1.86. The minimum Gasteiger partial charge on any atom is -0.435 e. The number of alkyl halides is 2. The molecule has 0 amide bonds. The maximum absolute atomic E-state index is 12.4. The van der Waals surface area contributed by atoms with Gasteiger partial charge in [0.1, 0.15) is 11.6 Å². The Labute approximate surface area is 174 Å². The summed E-state index contributed by atoms with van der Waals surface area (Å²) in [6.45, 7) is 0.308. The molecular formula is C20H24F2N4O3S. The van der Waals surface area contributed by atoms with Crippen LogP contribution in [0.4, 0.5) is 14.5 Å². The van der Waals surface area contributed by atoms with E-state index in [1.165, 1.54) is 30.5 Å². The molecule has 3 aromatic rings. The number of ether oxygens (including phenoxy) is 1. The lowest BCUT2D eigenvalue weighted by molar-refractivity contribution is -0.0498. The number of nitrogens with zero attached hydrogens (tertiary/aromatic N) is 3. The molecule has 0 saturated heterocycles. The molecule has 162 valence electrons. The van der Waals surface area contributed by atoms with Gasteiger partial charge >= 0.3 is 6.61 Å². The first-order valence-electron chi connectivity index (χ1n) is 9.42. The van der Waals surface area contributed by atoms with Gasteiger partial charge in [-0.3, -0.25) is 0 Å². The molecule has 0 spiro atoms. The Kier molecular flexibility index (Phi) is 6.57. The lowest BCUT2D eigenvalue weighted by Gasteiger charge is -2.12. The van der Waals surface area contributed by atoms with Crippen LogP contribution in [0, 0.1) is 0 Å². The molecule has 0 radical (unpaired) electrons. The highest BCUT2D eigenvalue weighted by Crippen LogP contribution is 2.24. The second kappa shape index (κ2) is 8.97. The fourth-order valence-electron chi connectivity index (χ4n) is 3.07. The quantitative estimate of drug-likeness (QED) is 0.548. The molecule has 0 aliphatic rings. The van der Waals surface area contributed by atoms with Gasteiger partial charge in [-0.05, 0) is 48.9 Å². The van der Waals surface area contributed by atoms with E-state index in [2.05, 4.69) is 22.0 Å². The van der Waals surface area contributed by atoms with E-state index in [-0.39, 0.29) is 10.6 Å². The number of hydrogen-bond donors (Lipinski definition) is 1. The maximum atomic E-state index is 12.4. The molecule has 7 nitrogen and oxygen atoms in total. The van der Waals surface area contributed by atoms with Crippen LogP contribution in [0.5, 0.6) is 5.75 Å². The summed E-state index contributed by atoms with van der Waals surface area (Å²) in [4.78, 5) is 4.82. The Morgan fingerprint density at radius 1 is 1.17 bits per heavy atom. The normalized spacial score (nSPS) is 12.1. The summed E-state index contributed by atoms with van der Waals surface area (Å²) in [6, 6.07) is 11.2. The van der Waals surface area contributed by atoms with Crippen molar-refractivity contribution in [3.8, 4) is 5.75 Å². The van der Waals surface area contributed by atoms with Crippen LogP contribution in [0.25, 0.3) is 11.0 Å². The third kappa shape index (κ3) is 4.71. The molecule has 1 heterocycles. The van der Waals surface area contributed by atoms with Gasteiger partial charge in [0.15, 0.2) is 0 Å². The number of rotatable bonds is 9. The van der Waals surface area contributed by atoms with Gasteiger partial charge in [0.05, 0.1) is 22.5 Å². The van der Waals surface area contributed by atoms with Crippen LogP contribution in [0.1, 0.15) is 19.2 Å². The van der Waals surface area contributed by atoms with E-state index in [0.29, 0.717) is 12.1 Å². The van der Waals surface area contributed by atoms with Gasteiger partial charge in [-0.15, -0.1) is 0 Å². The van der Waals surface area contributed by atoms with Gasteiger partial charge in [-0.25, -0.2) is 17.7 Å². The van der Waals surface area contributed by atoms with E-state index in [4.69, 9.17) is 0 Å². The maximum Gasteiger partial charge on any atom is 0.387 e. The van der Waals surface area contributed by atoms with Crippen LogP contribution in [-0.4, -0.2) is 43.0 Å². The summed E-state index contributed by atoms with van der Waals surface area (Å²) in [5, 5.41) is 3.21. The summed E-state index contributed by atoms with van der Waals surface area (Å²) >= 11 is 0. The highest BCUT2D eigenvalue weighted by molar-refractivity contribution is 7.89. The van der Waals surface area contributed by atoms with Crippen molar-refractivity contribution in [2.75, 3.05) is 19.4 Å². The van der Waals surface area contributed by atoms with Crippen LogP contribution in [0.2, 0.25) is 0 Å². The van der Waals surface area contributed by atoms with E-state index >= 15 is 0 Å². The fraction of sp³-hybridized carbons (Fsp3) is 0.350. The van der Waals surface area contributed by atoms with Gasteiger partial charge in [0.25, 0.3) is 0 Å². The molecule has 2 aromatic carbocycles. The largest absolute Gasteiger partial charge is 0.435 e. The topological polar surface area (TPSA) is 76.5 Å². The summed E-state index contributed by atoms with van der Waals surface area (Å²) in [5.41, 5.74) is 2.18. The van der Waals surface area contributed by atoms with Crippen molar-refractivity contribution in [1.82, 2.24) is 13.9 Å². The Bertz CT molecular complexity index is 1110. The first-order chi connectivity index (χ1) is 14.2. The van der Waals surface area contributed by atoms with Crippen LogP contribution in [0.15, 0.2) is 47.4 Å². The molecule has 0 saturated carbocycles.